The average molecular weight is 306 g/mol. The molecule has 1 amide bonds. The quantitative estimate of drug-likeness (QED) is 0.804. The van der Waals surface area contributed by atoms with Crippen molar-refractivity contribution in [2.75, 3.05) is 11.6 Å². The Hall–Kier alpha value is -2.88. The number of hydrazone groups is 1. The molecule has 116 valence electrons. The van der Waals surface area contributed by atoms with Gasteiger partial charge in [0.1, 0.15) is 5.75 Å². The lowest BCUT2D eigenvalue weighted by Crippen LogP contribution is -2.21. The molecule has 1 aliphatic rings. The van der Waals surface area contributed by atoms with Crippen molar-refractivity contribution in [2.24, 2.45) is 5.10 Å². The Balaban J connectivity index is 1.86. The fraction of sp³-hybridized carbons (Fsp3) is 0.158. The van der Waals surface area contributed by atoms with Crippen LogP contribution in [0.4, 0.5) is 5.69 Å². The van der Waals surface area contributed by atoms with Gasteiger partial charge in [-0.25, -0.2) is 0 Å². The smallest absolute Gasteiger partial charge is 0.280 e. The zero-order valence-electron chi connectivity index (χ0n) is 13.2. The molecule has 0 radical (unpaired) electrons. The van der Waals surface area contributed by atoms with Crippen LogP contribution >= 0.6 is 0 Å². The summed E-state index contributed by atoms with van der Waals surface area (Å²) in [7, 11) is 0. The summed E-state index contributed by atoms with van der Waals surface area (Å²) in [6.45, 7) is 4.43. The molecule has 0 N–H and O–H groups in total. The Morgan fingerprint density at radius 2 is 1.78 bits per heavy atom. The van der Waals surface area contributed by atoms with Crippen LogP contribution < -0.4 is 9.75 Å². The lowest BCUT2D eigenvalue weighted by atomic mass is 10.1. The molecule has 4 heteroatoms. The van der Waals surface area contributed by atoms with Gasteiger partial charge in [0.05, 0.1) is 23.6 Å². The fourth-order valence-corrected chi connectivity index (χ4v) is 2.42. The molecule has 1 heterocycles. The number of anilines is 1. The van der Waals surface area contributed by atoms with Crippen LogP contribution in [0.1, 0.15) is 19.4 Å². The minimum absolute atomic E-state index is 0.109. The maximum atomic E-state index is 12.6. The van der Waals surface area contributed by atoms with E-state index in [2.05, 4.69) is 5.10 Å². The predicted octanol–water partition coefficient (Wildman–Crippen LogP) is 3.89. The van der Waals surface area contributed by atoms with E-state index in [1.54, 1.807) is 0 Å². The van der Waals surface area contributed by atoms with E-state index in [4.69, 9.17) is 4.74 Å². The largest absolute Gasteiger partial charge is 0.494 e. The van der Waals surface area contributed by atoms with E-state index < -0.39 is 0 Å². The molecule has 0 saturated carbocycles. The normalized spacial score (nSPS) is 15.9. The van der Waals surface area contributed by atoms with Gasteiger partial charge in [-0.2, -0.15) is 10.1 Å². The summed E-state index contributed by atoms with van der Waals surface area (Å²) >= 11 is 0. The van der Waals surface area contributed by atoms with E-state index >= 15 is 0 Å². The standard InChI is InChI=1S/C19H18N2O2/c1-3-23-17-11-9-15(10-12-17)13-18-14(2)20-21(19(18)22)16-7-5-4-6-8-16/h4-13H,3H2,1-2H3/b18-13+. The van der Waals surface area contributed by atoms with Crippen molar-refractivity contribution in [1.29, 1.82) is 0 Å². The highest BCUT2D eigenvalue weighted by Gasteiger charge is 2.28. The molecule has 0 unspecified atom stereocenters. The Morgan fingerprint density at radius 3 is 2.43 bits per heavy atom. The van der Waals surface area contributed by atoms with Crippen molar-refractivity contribution >= 4 is 23.4 Å². The van der Waals surface area contributed by atoms with Gasteiger partial charge in [-0.3, -0.25) is 4.79 Å². The number of amides is 1. The summed E-state index contributed by atoms with van der Waals surface area (Å²) in [6, 6.07) is 17.1. The minimum Gasteiger partial charge on any atom is -0.494 e. The summed E-state index contributed by atoms with van der Waals surface area (Å²) in [6.07, 6.45) is 1.86. The van der Waals surface area contributed by atoms with E-state index in [1.807, 2.05) is 74.5 Å². The molecular weight excluding hydrogens is 288 g/mol. The van der Waals surface area contributed by atoms with Crippen LogP contribution in [0, 0.1) is 0 Å². The van der Waals surface area contributed by atoms with Gasteiger partial charge in [0.25, 0.3) is 5.91 Å². The van der Waals surface area contributed by atoms with Crippen molar-refractivity contribution in [3.8, 4) is 5.75 Å². The van der Waals surface area contributed by atoms with E-state index in [0.717, 1.165) is 17.0 Å². The minimum atomic E-state index is -0.109. The van der Waals surface area contributed by atoms with E-state index in [9.17, 15) is 4.79 Å². The van der Waals surface area contributed by atoms with Crippen LogP contribution in [-0.4, -0.2) is 18.2 Å². The SMILES string of the molecule is CCOc1ccc(/C=C2/C(=O)N(c3ccccc3)N=C2C)cc1. The maximum absolute atomic E-state index is 12.6. The monoisotopic (exact) mass is 306 g/mol. The number of hydrogen-bond donors (Lipinski definition) is 0. The van der Waals surface area contributed by atoms with Gasteiger partial charge in [-0.1, -0.05) is 30.3 Å². The highest BCUT2D eigenvalue weighted by Crippen LogP contribution is 2.25. The Kier molecular flexibility index (Phi) is 4.24. The van der Waals surface area contributed by atoms with Crippen LogP contribution in [0.2, 0.25) is 0 Å². The molecule has 2 aromatic rings. The zero-order valence-corrected chi connectivity index (χ0v) is 13.2. The summed E-state index contributed by atoms with van der Waals surface area (Å²) in [5.74, 6) is 0.714. The van der Waals surface area contributed by atoms with Crippen molar-refractivity contribution in [3.63, 3.8) is 0 Å². The van der Waals surface area contributed by atoms with Crippen molar-refractivity contribution in [3.05, 3.63) is 65.7 Å². The molecule has 0 saturated heterocycles. The van der Waals surface area contributed by atoms with E-state index in [-0.39, 0.29) is 5.91 Å². The summed E-state index contributed by atoms with van der Waals surface area (Å²) in [5, 5.41) is 5.81. The van der Waals surface area contributed by atoms with Crippen molar-refractivity contribution in [1.82, 2.24) is 0 Å². The first-order valence-electron chi connectivity index (χ1n) is 7.58. The number of ether oxygens (including phenoxy) is 1. The Labute approximate surface area is 135 Å². The molecular formula is C19H18N2O2. The topological polar surface area (TPSA) is 41.9 Å². The molecule has 2 aromatic carbocycles. The maximum Gasteiger partial charge on any atom is 0.280 e. The summed E-state index contributed by atoms with van der Waals surface area (Å²) in [5.41, 5.74) is 3.04. The van der Waals surface area contributed by atoms with Crippen LogP contribution in [0.5, 0.6) is 5.75 Å². The molecule has 0 aromatic heterocycles. The number of nitrogens with zero attached hydrogens (tertiary/aromatic N) is 2. The molecule has 0 spiro atoms. The Morgan fingerprint density at radius 1 is 1.09 bits per heavy atom. The second kappa shape index (κ2) is 6.48. The summed E-state index contributed by atoms with van der Waals surface area (Å²) in [4.78, 5) is 12.6. The van der Waals surface area contributed by atoms with Crippen molar-refractivity contribution < 1.29 is 9.53 Å². The fourth-order valence-electron chi connectivity index (χ4n) is 2.42. The third kappa shape index (κ3) is 3.16. The van der Waals surface area contributed by atoms with Gasteiger partial charge in [-0.15, -0.1) is 0 Å². The van der Waals surface area contributed by atoms with Crippen LogP contribution in [-0.2, 0) is 4.79 Å². The molecule has 4 nitrogen and oxygen atoms in total. The zero-order chi connectivity index (χ0) is 16.2. The van der Waals surface area contributed by atoms with Crippen molar-refractivity contribution in [2.45, 2.75) is 13.8 Å². The summed E-state index contributed by atoms with van der Waals surface area (Å²) < 4.78 is 5.43. The molecule has 1 aliphatic heterocycles. The Bertz CT molecular complexity index is 762. The third-order valence-corrected chi connectivity index (χ3v) is 3.57. The second-order valence-electron chi connectivity index (χ2n) is 5.20. The molecule has 0 fully saturated rings. The van der Waals surface area contributed by atoms with Gasteiger partial charge >= 0.3 is 0 Å². The number of hydrogen-bond acceptors (Lipinski definition) is 3. The predicted molar refractivity (Wildman–Crippen MR) is 92.6 cm³/mol. The number of carbonyl (C=O) groups excluding carboxylic acids is 1. The number of carbonyl (C=O) groups is 1. The number of rotatable bonds is 4. The van der Waals surface area contributed by atoms with E-state index in [0.29, 0.717) is 17.9 Å². The first-order chi connectivity index (χ1) is 11.2. The van der Waals surface area contributed by atoms with Gasteiger partial charge in [-0.05, 0) is 49.8 Å². The molecule has 0 aliphatic carbocycles. The van der Waals surface area contributed by atoms with Gasteiger partial charge in [0.15, 0.2) is 0 Å². The molecule has 0 atom stereocenters. The van der Waals surface area contributed by atoms with E-state index in [1.165, 1.54) is 5.01 Å². The second-order valence-corrected chi connectivity index (χ2v) is 5.20. The van der Waals surface area contributed by atoms with Crippen LogP contribution in [0.3, 0.4) is 0 Å². The lowest BCUT2D eigenvalue weighted by molar-refractivity contribution is -0.114. The highest BCUT2D eigenvalue weighted by atomic mass is 16.5. The third-order valence-electron chi connectivity index (χ3n) is 3.57. The lowest BCUT2D eigenvalue weighted by Gasteiger charge is -2.11. The molecule has 0 bridgehead atoms. The number of benzene rings is 2. The van der Waals surface area contributed by atoms with Crippen LogP contribution in [0.25, 0.3) is 6.08 Å². The average Bonchev–Trinajstić information content (AvgIpc) is 2.86. The van der Waals surface area contributed by atoms with Crippen LogP contribution in [0.15, 0.2) is 65.3 Å². The van der Waals surface area contributed by atoms with Gasteiger partial charge in [0, 0.05) is 0 Å². The first kappa shape index (κ1) is 15.0. The van der Waals surface area contributed by atoms with Gasteiger partial charge in [0.2, 0.25) is 0 Å². The molecule has 23 heavy (non-hydrogen) atoms. The molecule has 3 rings (SSSR count). The highest BCUT2D eigenvalue weighted by molar-refractivity contribution is 6.32. The number of para-hydroxylation sites is 1. The first-order valence-corrected chi connectivity index (χ1v) is 7.58. The van der Waals surface area contributed by atoms with Gasteiger partial charge < -0.3 is 4.74 Å².